The van der Waals surface area contributed by atoms with Gasteiger partial charge in [-0.05, 0) is 66.3 Å². The van der Waals surface area contributed by atoms with Crippen molar-refractivity contribution >= 4 is 10.8 Å². The monoisotopic (exact) mass is 548 g/mol. The zero-order chi connectivity index (χ0) is 28.2. The number of fused-ring (bicyclic) bond motifs is 1. The Morgan fingerprint density at radius 3 is 2.03 bits per heavy atom. The summed E-state index contributed by atoms with van der Waals surface area (Å²) >= 11 is 0. The van der Waals surface area contributed by atoms with Crippen molar-refractivity contribution in [2.45, 2.75) is 51.6 Å². The maximum absolute atomic E-state index is 15.2. The van der Waals surface area contributed by atoms with E-state index in [0.29, 0.717) is 41.0 Å². The van der Waals surface area contributed by atoms with Gasteiger partial charge in [0.15, 0.2) is 0 Å². The molecule has 0 N–H and O–H groups in total. The van der Waals surface area contributed by atoms with E-state index in [4.69, 9.17) is 4.74 Å². The van der Waals surface area contributed by atoms with Crippen molar-refractivity contribution < 1.29 is 35.5 Å². The summed E-state index contributed by atoms with van der Waals surface area (Å²) in [7, 11) is 0. The van der Waals surface area contributed by atoms with Gasteiger partial charge in [0.05, 0.1) is 12.2 Å². The zero-order valence-electron chi connectivity index (χ0n) is 21.3. The molecule has 0 saturated carbocycles. The molecule has 0 radical (unpaired) electrons. The first kappa shape index (κ1) is 28.5. The molecule has 4 aromatic carbocycles. The minimum absolute atomic E-state index is 0.0424. The minimum atomic E-state index is -4.78. The smallest absolute Gasteiger partial charge is 0.419 e. The lowest BCUT2D eigenvalue weighted by atomic mass is 9.97. The Balaban J connectivity index is 1.43. The summed E-state index contributed by atoms with van der Waals surface area (Å²) in [4.78, 5) is 0. The molecule has 4 aromatic rings. The Labute approximate surface area is 222 Å². The molecule has 0 spiro atoms. The van der Waals surface area contributed by atoms with E-state index in [1.165, 1.54) is 18.2 Å². The normalized spacial score (nSPS) is 11.8. The highest BCUT2D eigenvalue weighted by Gasteiger charge is 2.33. The van der Waals surface area contributed by atoms with Crippen LogP contribution in [0, 0.1) is 23.3 Å². The number of rotatable bonds is 10. The lowest BCUT2D eigenvalue weighted by molar-refractivity contribution is -0.140. The molecule has 39 heavy (non-hydrogen) atoms. The average Bonchev–Trinajstić information content (AvgIpc) is 2.87. The third-order valence-corrected chi connectivity index (χ3v) is 6.67. The molecule has 0 amide bonds. The molecule has 0 aliphatic carbocycles. The predicted octanol–water partition coefficient (Wildman–Crippen LogP) is 9.16. The van der Waals surface area contributed by atoms with Gasteiger partial charge in [-0.15, -0.1) is 0 Å². The van der Waals surface area contributed by atoms with Crippen LogP contribution in [-0.2, 0) is 31.9 Å². The lowest BCUT2D eigenvalue weighted by Gasteiger charge is -2.11. The molecule has 1 nitrogen and oxygen atoms in total. The first-order chi connectivity index (χ1) is 18.6. The van der Waals surface area contributed by atoms with Crippen molar-refractivity contribution in [1.29, 1.82) is 0 Å². The highest BCUT2D eigenvalue weighted by atomic mass is 19.4. The van der Waals surface area contributed by atoms with E-state index in [1.54, 1.807) is 30.3 Å². The van der Waals surface area contributed by atoms with Gasteiger partial charge in [-0.3, -0.25) is 0 Å². The quantitative estimate of drug-likeness (QED) is 0.142. The molecule has 0 heterocycles. The molecule has 206 valence electrons. The number of benzene rings is 4. The number of alkyl halides is 3. The van der Waals surface area contributed by atoms with Crippen molar-refractivity contribution in [1.82, 2.24) is 0 Å². The molecular formula is C31H27F7O. The van der Waals surface area contributed by atoms with Crippen molar-refractivity contribution in [3.8, 4) is 5.75 Å². The molecule has 0 bridgehead atoms. The van der Waals surface area contributed by atoms with Crippen LogP contribution in [0.3, 0.4) is 0 Å². The third kappa shape index (κ3) is 6.91. The van der Waals surface area contributed by atoms with E-state index in [0.717, 1.165) is 24.5 Å². The van der Waals surface area contributed by atoms with E-state index in [2.05, 4.69) is 0 Å². The Kier molecular flexibility index (Phi) is 8.83. The van der Waals surface area contributed by atoms with Crippen LogP contribution >= 0.6 is 0 Å². The minimum Gasteiger partial charge on any atom is -0.493 e. The summed E-state index contributed by atoms with van der Waals surface area (Å²) < 4.78 is 102. The van der Waals surface area contributed by atoms with Crippen LogP contribution in [-0.4, -0.2) is 6.61 Å². The summed E-state index contributed by atoms with van der Waals surface area (Å²) in [5.41, 5.74) is 0.0743. The van der Waals surface area contributed by atoms with E-state index in [9.17, 15) is 26.3 Å². The van der Waals surface area contributed by atoms with Gasteiger partial charge in [0, 0.05) is 23.1 Å². The van der Waals surface area contributed by atoms with E-state index in [1.807, 2.05) is 6.92 Å². The zero-order valence-corrected chi connectivity index (χ0v) is 21.3. The van der Waals surface area contributed by atoms with Crippen LogP contribution < -0.4 is 4.74 Å². The summed E-state index contributed by atoms with van der Waals surface area (Å²) in [6.45, 7) is 2.38. The van der Waals surface area contributed by atoms with Crippen LogP contribution in [0.5, 0.6) is 5.75 Å². The maximum Gasteiger partial charge on any atom is 0.419 e. The van der Waals surface area contributed by atoms with Crippen LogP contribution in [0.25, 0.3) is 10.8 Å². The fourth-order valence-corrected chi connectivity index (χ4v) is 4.46. The standard InChI is InChI=1S/C31H27F7O/c1-2-3-14-39-23-17-27(32)25(28(33)18-23)12-6-19-5-11-24-22(15-19)10-9-21(30(24)35)8-4-20-7-13-26(29(34)16-20)31(36,37)38/h5,7,9-11,13,15-18H,2-4,6,8,12,14H2,1H3. The van der Waals surface area contributed by atoms with Crippen molar-refractivity contribution in [3.63, 3.8) is 0 Å². The second kappa shape index (κ2) is 12.1. The fourth-order valence-electron chi connectivity index (χ4n) is 4.46. The number of hydrogen-bond acceptors (Lipinski definition) is 1. The highest BCUT2D eigenvalue weighted by Crippen LogP contribution is 2.32. The van der Waals surface area contributed by atoms with E-state index >= 15 is 4.39 Å². The molecule has 0 atom stereocenters. The molecule has 0 saturated heterocycles. The van der Waals surface area contributed by atoms with Gasteiger partial charge >= 0.3 is 6.18 Å². The van der Waals surface area contributed by atoms with Crippen LogP contribution in [0.2, 0.25) is 0 Å². The number of halogens is 7. The second-order valence-corrected chi connectivity index (χ2v) is 9.47. The van der Waals surface area contributed by atoms with Gasteiger partial charge in [0.1, 0.15) is 29.0 Å². The van der Waals surface area contributed by atoms with Gasteiger partial charge in [0.2, 0.25) is 0 Å². The summed E-state index contributed by atoms with van der Waals surface area (Å²) in [6.07, 6.45) is -2.30. The van der Waals surface area contributed by atoms with Crippen LogP contribution in [0.15, 0.2) is 60.7 Å². The van der Waals surface area contributed by atoms with Crippen molar-refractivity contribution in [2.75, 3.05) is 6.61 Å². The summed E-state index contributed by atoms with van der Waals surface area (Å²) in [6, 6.07) is 13.4. The molecule has 4 rings (SSSR count). The Bertz CT molecular complexity index is 1440. The first-order valence-corrected chi connectivity index (χ1v) is 12.7. The predicted molar refractivity (Wildman–Crippen MR) is 137 cm³/mol. The Morgan fingerprint density at radius 1 is 0.692 bits per heavy atom. The largest absolute Gasteiger partial charge is 0.493 e. The molecule has 0 aliphatic heterocycles. The third-order valence-electron chi connectivity index (χ3n) is 6.67. The number of hydrogen-bond donors (Lipinski definition) is 0. The SMILES string of the molecule is CCCCOc1cc(F)c(CCc2ccc3c(F)c(CCc4ccc(C(F)(F)F)c(F)c4)ccc3c2)c(F)c1. The van der Waals surface area contributed by atoms with Crippen molar-refractivity contribution in [3.05, 3.63) is 112 Å². The topological polar surface area (TPSA) is 9.23 Å². The molecule has 0 aromatic heterocycles. The van der Waals surface area contributed by atoms with E-state index in [-0.39, 0.29) is 30.6 Å². The molecular weight excluding hydrogens is 521 g/mol. The lowest BCUT2D eigenvalue weighted by Crippen LogP contribution is -2.08. The molecule has 8 heteroatoms. The number of unbranched alkanes of at least 4 members (excludes halogenated alkanes) is 1. The molecule has 0 unspecified atom stereocenters. The van der Waals surface area contributed by atoms with Gasteiger partial charge in [-0.2, -0.15) is 13.2 Å². The summed E-state index contributed by atoms with van der Waals surface area (Å²) in [5.74, 6) is -3.02. The first-order valence-electron chi connectivity index (χ1n) is 12.7. The molecule has 0 fully saturated rings. The second-order valence-electron chi connectivity index (χ2n) is 9.47. The van der Waals surface area contributed by atoms with Crippen LogP contribution in [0.1, 0.15) is 47.6 Å². The van der Waals surface area contributed by atoms with Gasteiger partial charge < -0.3 is 4.74 Å². The Morgan fingerprint density at radius 2 is 1.36 bits per heavy atom. The van der Waals surface area contributed by atoms with Gasteiger partial charge in [-0.25, -0.2) is 17.6 Å². The average molecular weight is 549 g/mol. The number of aryl methyl sites for hydroxylation is 3. The van der Waals surface area contributed by atoms with E-state index < -0.39 is 35.0 Å². The fraction of sp³-hybridized carbons (Fsp3) is 0.290. The van der Waals surface area contributed by atoms with Crippen molar-refractivity contribution in [2.24, 2.45) is 0 Å². The number of ether oxygens (including phenoxy) is 1. The summed E-state index contributed by atoms with van der Waals surface area (Å²) in [5, 5.41) is 0.954. The highest BCUT2D eigenvalue weighted by molar-refractivity contribution is 5.84. The van der Waals surface area contributed by atoms with Gasteiger partial charge in [0.25, 0.3) is 0 Å². The Hall–Kier alpha value is -3.55. The maximum atomic E-state index is 15.2. The van der Waals surface area contributed by atoms with Gasteiger partial charge in [-0.1, -0.05) is 49.7 Å². The molecule has 0 aliphatic rings. The van der Waals surface area contributed by atoms with Crippen LogP contribution in [0.4, 0.5) is 30.7 Å².